The number of rotatable bonds is 7. The Labute approximate surface area is 175 Å². The maximum absolute atomic E-state index is 12.6. The molecule has 3 rings (SSSR count). The van der Waals surface area contributed by atoms with E-state index < -0.39 is 0 Å². The van der Waals surface area contributed by atoms with Crippen molar-refractivity contribution in [3.8, 4) is 0 Å². The molecule has 0 aliphatic carbocycles. The molecular formula is C21H26N4O3S. The number of carbonyl (C=O) groups excluding carboxylic acids is 2. The van der Waals surface area contributed by atoms with Gasteiger partial charge in [0.25, 0.3) is 0 Å². The lowest BCUT2D eigenvalue weighted by atomic mass is 10.2. The van der Waals surface area contributed by atoms with E-state index in [0.29, 0.717) is 24.5 Å². The number of ether oxygens (including phenoxy) is 1. The van der Waals surface area contributed by atoms with Gasteiger partial charge in [-0.1, -0.05) is 6.07 Å². The van der Waals surface area contributed by atoms with Gasteiger partial charge in [-0.3, -0.25) is 9.78 Å². The number of anilines is 1. The number of amides is 1. The third kappa shape index (κ3) is 6.19. The first kappa shape index (κ1) is 21.1. The zero-order valence-electron chi connectivity index (χ0n) is 16.6. The molecule has 0 unspecified atom stereocenters. The van der Waals surface area contributed by atoms with Crippen LogP contribution in [-0.2, 0) is 15.3 Å². The van der Waals surface area contributed by atoms with Crippen LogP contribution < -0.4 is 4.90 Å². The molecule has 0 bridgehead atoms. The Kier molecular flexibility index (Phi) is 7.86. The summed E-state index contributed by atoms with van der Waals surface area (Å²) >= 11 is 1.60. The number of aromatic nitrogens is 2. The Morgan fingerprint density at radius 3 is 2.72 bits per heavy atom. The molecule has 0 aromatic carbocycles. The van der Waals surface area contributed by atoms with Crippen molar-refractivity contribution in [3.63, 3.8) is 0 Å². The van der Waals surface area contributed by atoms with Crippen molar-refractivity contribution in [2.45, 2.75) is 19.1 Å². The minimum absolute atomic E-state index is 0.165. The largest absolute Gasteiger partial charge is 0.462 e. The standard InChI is InChI=1S/C21H26N4O3S/c1-2-28-21(27)17-7-8-19(23-14-17)24-10-5-11-25(13-12-24)20(26)16-29-15-18-6-3-4-9-22-18/h3-4,6-9,14H,2,5,10-13,15-16H2,1H3. The third-order valence-corrected chi connectivity index (χ3v) is 5.58. The predicted octanol–water partition coefficient (Wildman–Crippen LogP) is 2.63. The van der Waals surface area contributed by atoms with E-state index in [2.05, 4.69) is 14.9 Å². The van der Waals surface area contributed by atoms with Crippen LogP contribution in [0.15, 0.2) is 42.7 Å². The van der Waals surface area contributed by atoms with Gasteiger partial charge in [-0.15, -0.1) is 11.8 Å². The molecule has 29 heavy (non-hydrogen) atoms. The molecule has 1 aliphatic heterocycles. The van der Waals surface area contributed by atoms with Crippen LogP contribution in [-0.4, -0.2) is 65.3 Å². The molecule has 2 aromatic rings. The van der Waals surface area contributed by atoms with E-state index >= 15 is 0 Å². The molecule has 0 radical (unpaired) electrons. The van der Waals surface area contributed by atoms with Crippen LogP contribution in [0, 0.1) is 0 Å². The van der Waals surface area contributed by atoms with E-state index in [1.807, 2.05) is 29.2 Å². The van der Waals surface area contributed by atoms with Gasteiger partial charge in [-0.25, -0.2) is 9.78 Å². The number of esters is 1. The normalized spacial score (nSPS) is 14.4. The van der Waals surface area contributed by atoms with E-state index in [9.17, 15) is 9.59 Å². The summed E-state index contributed by atoms with van der Waals surface area (Å²) in [4.78, 5) is 37.1. The van der Waals surface area contributed by atoms with Gasteiger partial charge in [0.15, 0.2) is 0 Å². The Morgan fingerprint density at radius 2 is 2.00 bits per heavy atom. The Hall–Kier alpha value is -2.61. The second kappa shape index (κ2) is 10.8. The quantitative estimate of drug-likeness (QED) is 0.645. The summed E-state index contributed by atoms with van der Waals surface area (Å²) in [7, 11) is 0. The van der Waals surface area contributed by atoms with E-state index in [1.165, 1.54) is 0 Å². The summed E-state index contributed by atoms with van der Waals surface area (Å²) in [5.74, 6) is 1.82. The first-order valence-electron chi connectivity index (χ1n) is 9.81. The molecule has 1 amide bonds. The summed E-state index contributed by atoms with van der Waals surface area (Å²) in [6, 6.07) is 9.40. The summed E-state index contributed by atoms with van der Waals surface area (Å²) in [5.41, 5.74) is 1.44. The number of nitrogens with zero attached hydrogens (tertiary/aromatic N) is 4. The molecule has 0 atom stereocenters. The van der Waals surface area contributed by atoms with E-state index in [0.717, 1.165) is 43.3 Å². The van der Waals surface area contributed by atoms with E-state index in [-0.39, 0.29) is 11.9 Å². The van der Waals surface area contributed by atoms with Crippen molar-refractivity contribution in [1.82, 2.24) is 14.9 Å². The fourth-order valence-corrected chi connectivity index (χ4v) is 3.96. The van der Waals surface area contributed by atoms with Crippen molar-refractivity contribution in [3.05, 3.63) is 54.0 Å². The van der Waals surface area contributed by atoms with Gasteiger partial charge in [0.2, 0.25) is 5.91 Å². The minimum Gasteiger partial charge on any atom is -0.462 e. The lowest BCUT2D eigenvalue weighted by molar-refractivity contribution is -0.128. The van der Waals surface area contributed by atoms with Crippen molar-refractivity contribution in [2.75, 3.05) is 43.4 Å². The molecule has 1 saturated heterocycles. The molecule has 1 fully saturated rings. The van der Waals surface area contributed by atoms with Gasteiger partial charge >= 0.3 is 5.97 Å². The van der Waals surface area contributed by atoms with Gasteiger partial charge in [0, 0.05) is 44.3 Å². The summed E-state index contributed by atoms with van der Waals surface area (Å²) in [6.07, 6.45) is 4.21. The van der Waals surface area contributed by atoms with Crippen molar-refractivity contribution in [1.29, 1.82) is 0 Å². The van der Waals surface area contributed by atoms with Gasteiger partial charge in [0.05, 0.1) is 23.6 Å². The fourth-order valence-electron chi connectivity index (χ4n) is 3.12. The average Bonchev–Trinajstić information content (AvgIpc) is 3.01. The van der Waals surface area contributed by atoms with Crippen LogP contribution in [0.2, 0.25) is 0 Å². The Balaban J connectivity index is 1.48. The molecule has 7 nitrogen and oxygen atoms in total. The van der Waals surface area contributed by atoms with Gasteiger partial charge in [-0.2, -0.15) is 0 Å². The van der Waals surface area contributed by atoms with Crippen LogP contribution in [0.25, 0.3) is 0 Å². The smallest absolute Gasteiger partial charge is 0.339 e. The third-order valence-electron chi connectivity index (χ3n) is 4.63. The topological polar surface area (TPSA) is 75.6 Å². The number of pyridine rings is 2. The molecule has 3 heterocycles. The Morgan fingerprint density at radius 1 is 1.10 bits per heavy atom. The van der Waals surface area contributed by atoms with Crippen LogP contribution in [0.1, 0.15) is 29.4 Å². The summed E-state index contributed by atoms with van der Waals surface area (Å²) < 4.78 is 4.99. The second-order valence-corrected chi connectivity index (χ2v) is 7.65. The monoisotopic (exact) mass is 414 g/mol. The van der Waals surface area contributed by atoms with Crippen molar-refractivity contribution < 1.29 is 14.3 Å². The second-order valence-electron chi connectivity index (χ2n) is 6.66. The fraction of sp³-hybridized carbons (Fsp3) is 0.429. The van der Waals surface area contributed by atoms with Crippen LogP contribution in [0.5, 0.6) is 0 Å². The summed E-state index contributed by atoms with van der Waals surface area (Å²) in [5, 5.41) is 0. The molecular weight excluding hydrogens is 388 g/mol. The lowest BCUT2D eigenvalue weighted by Crippen LogP contribution is -2.36. The molecule has 1 aliphatic rings. The number of hydrogen-bond acceptors (Lipinski definition) is 7. The van der Waals surface area contributed by atoms with E-state index in [4.69, 9.17) is 4.74 Å². The first-order valence-corrected chi connectivity index (χ1v) is 11.0. The Bertz CT molecular complexity index is 801. The van der Waals surface area contributed by atoms with Gasteiger partial charge in [-0.05, 0) is 37.6 Å². The zero-order chi connectivity index (χ0) is 20.5. The molecule has 154 valence electrons. The van der Waals surface area contributed by atoms with Crippen molar-refractivity contribution in [2.24, 2.45) is 0 Å². The lowest BCUT2D eigenvalue weighted by Gasteiger charge is -2.23. The number of hydrogen-bond donors (Lipinski definition) is 0. The molecule has 0 spiro atoms. The zero-order valence-corrected chi connectivity index (χ0v) is 17.4. The first-order chi connectivity index (χ1) is 14.2. The molecule has 2 aromatic heterocycles. The highest BCUT2D eigenvalue weighted by Crippen LogP contribution is 2.16. The maximum atomic E-state index is 12.6. The van der Waals surface area contributed by atoms with Crippen LogP contribution in [0.3, 0.4) is 0 Å². The highest BCUT2D eigenvalue weighted by Gasteiger charge is 2.20. The van der Waals surface area contributed by atoms with Crippen LogP contribution >= 0.6 is 11.8 Å². The number of carbonyl (C=O) groups is 2. The van der Waals surface area contributed by atoms with Gasteiger partial charge in [0.1, 0.15) is 5.82 Å². The summed E-state index contributed by atoms with van der Waals surface area (Å²) in [6.45, 7) is 5.10. The predicted molar refractivity (Wildman–Crippen MR) is 114 cm³/mol. The van der Waals surface area contributed by atoms with Crippen molar-refractivity contribution >= 4 is 29.5 Å². The molecule has 0 N–H and O–H groups in total. The number of thioether (sulfide) groups is 1. The van der Waals surface area contributed by atoms with Gasteiger partial charge < -0.3 is 14.5 Å². The highest BCUT2D eigenvalue weighted by molar-refractivity contribution is 7.99. The SMILES string of the molecule is CCOC(=O)c1ccc(N2CCCN(C(=O)CSCc3ccccn3)CC2)nc1. The molecule has 8 heteroatoms. The van der Waals surface area contributed by atoms with Crippen LogP contribution in [0.4, 0.5) is 5.82 Å². The molecule has 0 saturated carbocycles. The van der Waals surface area contributed by atoms with E-state index in [1.54, 1.807) is 37.1 Å². The maximum Gasteiger partial charge on any atom is 0.339 e. The highest BCUT2D eigenvalue weighted by atomic mass is 32.2. The minimum atomic E-state index is -0.359. The average molecular weight is 415 g/mol.